The third kappa shape index (κ3) is 4.44. The van der Waals surface area contributed by atoms with E-state index in [9.17, 15) is 4.79 Å². The highest BCUT2D eigenvalue weighted by Crippen LogP contribution is 2.19. The molecule has 0 aliphatic carbocycles. The molecule has 1 aromatic carbocycles. The Morgan fingerprint density at radius 2 is 2.08 bits per heavy atom. The van der Waals surface area contributed by atoms with Gasteiger partial charge in [-0.3, -0.25) is 9.78 Å². The van der Waals surface area contributed by atoms with Crippen LogP contribution in [0.25, 0.3) is 0 Å². The summed E-state index contributed by atoms with van der Waals surface area (Å²) in [5.74, 6) is -0.0676. The van der Waals surface area contributed by atoms with E-state index in [0.717, 1.165) is 28.9 Å². The summed E-state index contributed by atoms with van der Waals surface area (Å²) in [7, 11) is 0. The van der Waals surface area contributed by atoms with Crippen LogP contribution in [0.5, 0.6) is 0 Å². The highest BCUT2D eigenvalue weighted by molar-refractivity contribution is 5.97. The van der Waals surface area contributed by atoms with Gasteiger partial charge in [0.1, 0.15) is 0 Å². The van der Waals surface area contributed by atoms with Gasteiger partial charge in [0.2, 0.25) is 0 Å². The molecule has 0 radical (unpaired) electrons. The third-order valence-corrected chi connectivity index (χ3v) is 4.02. The molecular weight excluding hydrogens is 314 g/mol. The molecular formula is C19H21N5O. The van der Waals surface area contributed by atoms with E-state index in [0.29, 0.717) is 18.7 Å². The number of benzene rings is 1. The minimum atomic E-state index is -0.0676. The van der Waals surface area contributed by atoms with Crippen molar-refractivity contribution in [3.63, 3.8) is 0 Å². The van der Waals surface area contributed by atoms with Gasteiger partial charge in [0.25, 0.3) is 5.91 Å². The lowest BCUT2D eigenvalue weighted by molar-refractivity contribution is 0.0953. The number of anilines is 1. The number of H-pyrrole nitrogens is 1. The Labute approximate surface area is 146 Å². The summed E-state index contributed by atoms with van der Waals surface area (Å²) >= 11 is 0. The lowest BCUT2D eigenvalue weighted by atomic mass is 10.1. The number of nitrogens with zero attached hydrogens (tertiary/aromatic N) is 2. The van der Waals surface area contributed by atoms with E-state index in [4.69, 9.17) is 0 Å². The Morgan fingerprint density at radius 1 is 1.16 bits per heavy atom. The maximum absolute atomic E-state index is 12.4. The van der Waals surface area contributed by atoms with Crippen molar-refractivity contribution in [2.45, 2.75) is 19.9 Å². The summed E-state index contributed by atoms with van der Waals surface area (Å²) in [6.45, 7) is 3.18. The summed E-state index contributed by atoms with van der Waals surface area (Å²) in [6.07, 6.45) is 7.71. The molecule has 0 unspecified atom stereocenters. The van der Waals surface area contributed by atoms with Crippen LogP contribution >= 0.6 is 0 Å². The van der Waals surface area contributed by atoms with Crippen molar-refractivity contribution in [3.8, 4) is 0 Å². The fourth-order valence-electron chi connectivity index (χ4n) is 2.60. The Kier molecular flexibility index (Phi) is 5.41. The molecule has 0 bridgehead atoms. The van der Waals surface area contributed by atoms with Crippen LogP contribution in [0.3, 0.4) is 0 Å². The van der Waals surface area contributed by atoms with Crippen LogP contribution in [0.1, 0.15) is 27.2 Å². The molecule has 3 rings (SSSR count). The van der Waals surface area contributed by atoms with E-state index >= 15 is 0 Å². The predicted octanol–water partition coefficient (Wildman–Crippen LogP) is 2.70. The molecule has 0 aliphatic rings. The Balaban J connectivity index is 1.60. The van der Waals surface area contributed by atoms with Gasteiger partial charge < -0.3 is 15.6 Å². The average molecular weight is 335 g/mol. The van der Waals surface area contributed by atoms with E-state index in [1.807, 2.05) is 43.5 Å². The van der Waals surface area contributed by atoms with Crippen LogP contribution in [0.4, 0.5) is 5.69 Å². The van der Waals surface area contributed by atoms with Crippen molar-refractivity contribution in [2.75, 3.05) is 11.9 Å². The summed E-state index contributed by atoms with van der Waals surface area (Å²) in [4.78, 5) is 23.5. The molecule has 0 aliphatic heterocycles. The first kappa shape index (κ1) is 16.7. The number of amides is 1. The lowest BCUT2D eigenvalue weighted by Gasteiger charge is -2.13. The number of imidazole rings is 1. The number of pyridine rings is 1. The van der Waals surface area contributed by atoms with Crippen LogP contribution in [-0.2, 0) is 13.0 Å². The van der Waals surface area contributed by atoms with Gasteiger partial charge >= 0.3 is 0 Å². The Hall–Kier alpha value is -3.15. The van der Waals surface area contributed by atoms with E-state index in [1.165, 1.54) is 0 Å². The molecule has 0 atom stereocenters. The van der Waals surface area contributed by atoms with Gasteiger partial charge in [-0.2, -0.15) is 0 Å². The van der Waals surface area contributed by atoms with Crippen LogP contribution in [-0.4, -0.2) is 27.4 Å². The summed E-state index contributed by atoms with van der Waals surface area (Å²) < 4.78 is 0. The van der Waals surface area contributed by atoms with E-state index < -0.39 is 0 Å². The maximum atomic E-state index is 12.4. The minimum absolute atomic E-state index is 0.0676. The van der Waals surface area contributed by atoms with Crippen molar-refractivity contribution in [2.24, 2.45) is 0 Å². The number of hydrogen-bond acceptors (Lipinski definition) is 4. The van der Waals surface area contributed by atoms with Crippen molar-refractivity contribution in [1.82, 2.24) is 20.3 Å². The van der Waals surface area contributed by atoms with Gasteiger partial charge in [-0.05, 0) is 36.2 Å². The number of hydrogen-bond donors (Lipinski definition) is 3. The van der Waals surface area contributed by atoms with E-state index in [2.05, 4.69) is 25.6 Å². The lowest BCUT2D eigenvalue weighted by Crippen LogP contribution is -2.26. The van der Waals surface area contributed by atoms with Gasteiger partial charge in [0, 0.05) is 55.0 Å². The summed E-state index contributed by atoms with van der Waals surface area (Å²) in [5, 5.41) is 6.32. The summed E-state index contributed by atoms with van der Waals surface area (Å²) in [5.41, 5.74) is 4.66. The Morgan fingerprint density at radius 3 is 2.84 bits per heavy atom. The van der Waals surface area contributed by atoms with Crippen LogP contribution < -0.4 is 10.6 Å². The zero-order chi connectivity index (χ0) is 17.5. The first-order valence-electron chi connectivity index (χ1n) is 8.22. The molecule has 128 valence electrons. The minimum Gasteiger partial charge on any atom is -0.381 e. The van der Waals surface area contributed by atoms with Crippen molar-refractivity contribution in [1.29, 1.82) is 0 Å². The smallest absolute Gasteiger partial charge is 0.251 e. The van der Waals surface area contributed by atoms with E-state index in [-0.39, 0.29) is 5.91 Å². The highest BCUT2D eigenvalue weighted by atomic mass is 16.1. The number of carbonyl (C=O) groups excluding carboxylic acids is 1. The van der Waals surface area contributed by atoms with Crippen molar-refractivity contribution in [3.05, 3.63) is 77.6 Å². The SMILES string of the molecule is Cc1c(NCc2cccnc2)cccc1C(=O)NCCc1cnc[nH]1. The second kappa shape index (κ2) is 8.10. The molecule has 0 fully saturated rings. The molecule has 2 aromatic heterocycles. The second-order valence-electron chi connectivity index (χ2n) is 5.78. The first-order valence-corrected chi connectivity index (χ1v) is 8.22. The maximum Gasteiger partial charge on any atom is 0.251 e. The average Bonchev–Trinajstić information content (AvgIpc) is 3.15. The van der Waals surface area contributed by atoms with Crippen molar-refractivity contribution >= 4 is 11.6 Å². The summed E-state index contributed by atoms with van der Waals surface area (Å²) in [6, 6.07) is 9.64. The van der Waals surface area contributed by atoms with Crippen LogP contribution in [0, 0.1) is 6.92 Å². The zero-order valence-electron chi connectivity index (χ0n) is 14.1. The molecule has 2 heterocycles. The van der Waals surface area contributed by atoms with Gasteiger partial charge in [0.15, 0.2) is 0 Å². The predicted molar refractivity (Wildman–Crippen MR) is 97.4 cm³/mol. The third-order valence-electron chi connectivity index (χ3n) is 4.02. The fraction of sp³-hybridized carbons (Fsp3) is 0.211. The fourth-order valence-corrected chi connectivity index (χ4v) is 2.60. The monoisotopic (exact) mass is 335 g/mol. The zero-order valence-corrected chi connectivity index (χ0v) is 14.1. The number of nitrogens with one attached hydrogen (secondary N) is 3. The molecule has 6 nitrogen and oxygen atoms in total. The van der Waals surface area contributed by atoms with Gasteiger partial charge in [0.05, 0.1) is 6.33 Å². The van der Waals surface area contributed by atoms with Gasteiger partial charge in [-0.1, -0.05) is 12.1 Å². The first-order chi connectivity index (χ1) is 12.2. The van der Waals surface area contributed by atoms with Gasteiger partial charge in [-0.15, -0.1) is 0 Å². The van der Waals surface area contributed by atoms with Crippen LogP contribution in [0.15, 0.2) is 55.2 Å². The normalized spacial score (nSPS) is 10.4. The largest absolute Gasteiger partial charge is 0.381 e. The van der Waals surface area contributed by atoms with E-state index in [1.54, 1.807) is 18.7 Å². The van der Waals surface area contributed by atoms with Crippen LogP contribution in [0.2, 0.25) is 0 Å². The standard InChI is InChI=1S/C19H21N5O/c1-14-17(19(25)22-9-7-16-12-21-13-24-16)5-2-6-18(14)23-11-15-4-3-8-20-10-15/h2-6,8,10,12-13,23H,7,9,11H2,1H3,(H,21,24)(H,22,25). The second-order valence-corrected chi connectivity index (χ2v) is 5.78. The Bertz CT molecular complexity index is 815. The number of rotatable bonds is 7. The topological polar surface area (TPSA) is 82.7 Å². The molecule has 0 saturated carbocycles. The molecule has 6 heteroatoms. The van der Waals surface area contributed by atoms with Gasteiger partial charge in [-0.25, -0.2) is 4.98 Å². The molecule has 25 heavy (non-hydrogen) atoms. The molecule has 3 N–H and O–H groups in total. The molecule has 0 spiro atoms. The quantitative estimate of drug-likeness (QED) is 0.620. The number of aromatic nitrogens is 3. The molecule has 3 aromatic rings. The van der Waals surface area contributed by atoms with Crippen molar-refractivity contribution < 1.29 is 4.79 Å². The number of aromatic amines is 1. The molecule has 0 saturated heterocycles. The number of carbonyl (C=O) groups is 1. The highest BCUT2D eigenvalue weighted by Gasteiger charge is 2.11. The molecule has 1 amide bonds.